The predicted octanol–water partition coefficient (Wildman–Crippen LogP) is 4.58. The number of amides is 3. The molecule has 3 aliphatic heterocycles. The highest BCUT2D eigenvalue weighted by Gasteiger charge is 2.77. The summed E-state index contributed by atoms with van der Waals surface area (Å²) in [7, 11) is 0. The highest BCUT2D eigenvalue weighted by molar-refractivity contribution is 9.09. The molecule has 3 fully saturated rings. The lowest BCUT2D eigenvalue weighted by Crippen LogP contribution is -2.55. The molecule has 0 saturated carbocycles. The van der Waals surface area contributed by atoms with E-state index in [2.05, 4.69) is 26.6 Å². The Morgan fingerprint density at radius 3 is 2.34 bits per heavy atom. The number of benzene rings is 4. The fourth-order valence-corrected chi connectivity index (χ4v) is 8.36. The summed E-state index contributed by atoms with van der Waals surface area (Å²) in [5.41, 5.74) is 0.958. The van der Waals surface area contributed by atoms with E-state index in [0.29, 0.717) is 24.2 Å². The van der Waals surface area contributed by atoms with Crippen LogP contribution in [-0.2, 0) is 25.7 Å². The van der Waals surface area contributed by atoms with Crippen LogP contribution in [0.15, 0.2) is 103 Å². The zero-order valence-corrected chi connectivity index (χ0v) is 25.4. The minimum absolute atomic E-state index is 0.237. The molecule has 4 aromatic carbocycles. The molecule has 3 saturated heterocycles. The monoisotopic (exact) mass is 653 g/mol. The van der Waals surface area contributed by atoms with E-state index in [0.717, 1.165) is 16.3 Å². The Bertz CT molecular complexity index is 1720. The van der Waals surface area contributed by atoms with Crippen molar-refractivity contribution in [1.29, 1.82) is 0 Å². The molecule has 224 valence electrons. The quantitative estimate of drug-likeness (QED) is 0.242. The molecule has 3 N–H and O–H groups in total. The third-order valence-electron chi connectivity index (χ3n) is 9.30. The van der Waals surface area contributed by atoms with Gasteiger partial charge in [0.15, 0.2) is 0 Å². The molecule has 8 nitrogen and oxygen atoms in total. The summed E-state index contributed by atoms with van der Waals surface area (Å²) in [5, 5.41) is 18.7. The average Bonchev–Trinajstić information content (AvgIpc) is 3.64. The van der Waals surface area contributed by atoms with E-state index in [1.54, 1.807) is 0 Å². The number of halogens is 1. The van der Waals surface area contributed by atoms with E-state index in [1.807, 2.05) is 103 Å². The first-order valence-electron chi connectivity index (χ1n) is 14.8. The van der Waals surface area contributed by atoms with Crippen LogP contribution in [0.5, 0.6) is 0 Å². The molecule has 7 rings (SSSR count). The summed E-state index contributed by atoms with van der Waals surface area (Å²) in [6.45, 7) is -0.0903. The van der Waals surface area contributed by atoms with Crippen LogP contribution in [-0.4, -0.2) is 56.9 Å². The first-order chi connectivity index (χ1) is 21.4. The Labute approximate surface area is 263 Å². The highest BCUT2D eigenvalue weighted by atomic mass is 79.9. The summed E-state index contributed by atoms with van der Waals surface area (Å²) >= 11 is 3.72. The first kappa shape index (κ1) is 28.7. The molecule has 7 atom stereocenters. The number of nitrogens with one attached hydrogen (secondary N) is 2. The van der Waals surface area contributed by atoms with Crippen LogP contribution >= 0.6 is 15.9 Å². The molecular formula is C35H32BrN3O5. The molecule has 2 bridgehead atoms. The maximum absolute atomic E-state index is 14.5. The Morgan fingerprint density at radius 2 is 1.61 bits per heavy atom. The lowest BCUT2D eigenvalue weighted by atomic mass is 9.70. The number of carbonyl (C=O) groups is 3. The normalized spacial score (nSPS) is 27.7. The van der Waals surface area contributed by atoms with Gasteiger partial charge in [-0.25, -0.2) is 0 Å². The molecule has 3 heterocycles. The molecule has 3 aliphatic rings. The number of aliphatic hydroxyl groups is 1. The third-order valence-corrected chi connectivity index (χ3v) is 10.1. The SMILES string of the molecule is O=C(Nc1ccc2ccccc2c1)C1N([C@H](CO)c2ccccc2)C(=O)[C@@H]2[C@@H](C(=O)NCc3ccccc3)[C@@H]3OC12CC3Br. The van der Waals surface area contributed by atoms with Crippen molar-refractivity contribution < 1.29 is 24.2 Å². The zero-order chi connectivity index (χ0) is 30.4. The molecule has 3 unspecified atom stereocenters. The van der Waals surface area contributed by atoms with Crippen LogP contribution in [0, 0.1) is 11.8 Å². The van der Waals surface area contributed by atoms with Gasteiger partial charge in [-0.15, -0.1) is 0 Å². The Balaban J connectivity index is 1.26. The molecular weight excluding hydrogens is 622 g/mol. The van der Waals surface area contributed by atoms with E-state index in [9.17, 15) is 19.5 Å². The summed E-state index contributed by atoms with van der Waals surface area (Å²) in [4.78, 5) is 44.0. The number of rotatable bonds is 8. The van der Waals surface area contributed by atoms with E-state index >= 15 is 0 Å². The molecule has 0 aromatic heterocycles. The average molecular weight is 655 g/mol. The second-order valence-electron chi connectivity index (χ2n) is 11.8. The molecule has 9 heteroatoms. The molecule has 0 aliphatic carbocycles. The second-order valence-corrected chi connectivity index (χ2v) is 12.9. The smallest absolute Gasteiger partial charge is 0.250 e. The van der Waals surface area contributed by atoms with Crippen molar-refractivity contribution >= 4 is 50.1 Å². The van der Waals surface area contributed by atoms with Crippen LogP contribution in [0.25, 0.3) is 10.8 Å². The van der Waals surface area contributed by atoms with Crippen LogP contribution in [0.4, 0.5) is 5.69 Å². The number of anilines is 1. The maximum atomic E-state index is 14.5. The van der Waals surface area contributed by atoms with E-state index in [4.69, 9.17) is 4.74 Å². The molecule has 44 heavy (non-hydrogen) atoms. The Morgan fingerprint density at radius 1 is 0.932 bits per heavy atom. The van der Waals surface area contributed by atoms with Gasteiger partial charge in [0.1, 0.15) is 11.6 Å². The van der Waals surface area contributed by atoms with Gasteiger partial charge < -0.3 is 25.4 Å². The lowest BCUT2D eigenvalue weighted by Gasteiger charge is -2.37. The molecule has 3 amide bonds. The standard InChI is InChI=1S/C35H32BrN3O5/c36-26-18-35-29(28(30(26)44-35)32(41)37-19-21-9-3-1-4-10-21)34(43)39(27(20-40)23-12-5-2-6-13-23)31(35)33(42)38-25-16-15-22-11-7-8-14-24(22)17-25/h1-17,26-31,40H,18-20H2,(H,37,41)(H,38,42)/t26?,27-,28-,29+,30-,31?,35?/m1/s1. The van der Waals surface area contributed by atoms with E-state index in [-0.39, 0.29) is 16.6 Å². The third kappa shape index (κ3) is 4.70. The first-order valence-corrected chi connectivity index (χ1v) is 15.7. The Hall–Kier alpha value is -4.05. The summed E-state index contributed by atoms with van der Waals surface area (Å²) in [5.74, 6) is -2.77. The summed E-state index contributed by atoms with van der Waals surface area (Å²) in [6, 6.07) is 30.4. The minimum Gasteiger partial charge on any atom is -0.394 e. The lowest BCUT2D eigenvalue weighted by molar-refractivity contribution is -0.144. The van der Waals surface area contributed by atoms with Gasteiger partial charge in [0, 0.05) is 17.1 Å². The summed E-state index contributed by atoms with van der Waals surface area (Å²) in [6.07, 6.45) is -0.211. The van der Waals surface area contributed by atoms with Crippen LogP contribution < -0.4 is 10.6 Å². The van der Waals surface area contributed by atoms with Gasteiger partial charge in [-0.1, -0.05) is 107 Å². The zero-order valence-electron chi connectivity index (χ0n) is 23.8. The second kappa shape index (κ2) is 11.5. The Kier molecular flexibility index (Phi) is 7.48. The molecule has 0 radical (unpaired) electrons. The predicted molar refractivity (Wildman–Crippen MR) is 170 cm³/mol. The topological polar surface area (TPSA) is 108 Å². The van der Waals surface area contributed by atoms with Crippen molar-refractivity contribution in [1.82, 2.24) is 10.2 Å². The largest absolute Gasteiger partial charge is 0.394 e. The maximum Gasteiger partial charge on any atom is 0.250 e. The van der Waals surface area contributed by atoms with Crippen molar-refractivity contribution in [3.63, 3.8) is 0 Å². The van der Waals surface area contributed by atoms with Crippen molar-refractivity contribution in [2.75, 3.05) is 11.9 Å². The van der Waals surface area contributed by atoms with Gasteiger partial charge >= 0.3 is 0 Å². The van der Waals surface area contributed by atoms with Crippen LogP contribution in [0.1, 0.15) is 23.6 Å². The van der Waals surface area contributed by atoms with E-state index < -0.39 is 48.1 Å². The van der Waals surface area contributed by atoms with Crippen molar-refractivity contribution in [3.8, 4) is 0 Å². The number of likely N-dealkylation sites (tertiary alicyclic amines) is 1. The van der Waals surface area contributed by atoms with E-state index in [1.165, 1.54) is 4.90 Å². The van der Waals surface area contributed by atoms with Gasteiger partial charge in [0.2, 0.25) is 17.7 Å². The summed E-state index contributed by atoms with van der Waals surface area (Å²) < 4.78 is 6.64. The van der Waals surface area contributed by atoms with Crippen LogP contribution in [0.2, 0.25) is 0 Å². The number of aliphatic hydroxyl groups excluding tert-OH is 1. The van der Waals surface area contributed by atoms with Gasteiger partial charge in [-0.3, -0.25) is 14.4 Å². The minimum atomic E-state index is -1.26. The van der Waals surface area contributed by atoms with Gasteiger partial charge in [0.05, 0.1) is 30.6 Å². The van der Waals surface area contributed by atoms with Gasteiger partial charge in [0.25, 0.3) is 0 Å². The number of nitrogens with zero attached hydrogens (tertiary/aromatic N) is 1. The van der Waals surface area contributed by atoms with Gasteiger partial charge in [-0.05, 0) is 40.5 Å². The number of hydrogen-bond acceptors (Lipinski definition) is 5. The molecule has 1 spiro atoms. The van der Waals surface area contributed by atoms with Crippen molar-refractivity contribution in [2.45, 2.75) is 41.6 Å². The fourth-order valence-electron chi connectivity index (χ4n) is 7.41. The molecule has 4 aromatic rings. The number of ether oxygens (including phenoxy) is 1. The number of hydrogen-bond donors (Lipinski definition) is 3. The fraction of sp³-hybridized carbons (Fsp3) is 0.286. The van der Waals surface area contributed by atoms with Gasteiger partial charge in [-0.2, -0.15) is 0 Å². The highest BCUT2D eigenvalue weighted by Crippen LogP contribution is 2.61. The van der Waals surface area contributed by atoms with Crippen LogP contribution in [0.3, 0.4) is 0 Å². The van der Waals surface area contributed by atoms with Crippen molar-refractivity contribution in [3.05, 3.63) is 114 Å². The number of carbonyl (C=O) groups excluding carboxylic acids is 3. The number of alkyl halides is 1. The van der Waals surface area contributed by atoms with Crippen molar-refractivity contribution in [2.24, 2.45) is 11.8 Å². The number of fused-ring (bicyclic) bond motifs is 2.